The minimum Gasteiger partial charge on any atom is -0.386 e. The Morgan fingerprint density at radius 1 is 1.16 bits per heavy atom. The molecule has 3 heterocycles. The van der Waals surface area contributed by atoms with Crippen LogP contribution in [-0.2, 0) is 25.7 Å². The number of hydrogen-bond donors (Lipinski definition) is 1. The van der Waals surface area contributed by atoms with E-state index in [2.05, 4.69) is 10.1 Å². The highest BCUT2D eigenvalue weighted by Gasteiger charge is 2.28. The first-order valence-electron chi connectivity index (χ1n) is 10.4. The molecule has 6 nitrogen and oxygen atoms in total. The number of fused-ring (bicyclic) bond motifs is 2. The molecule has 0 fully saturated rings. The third-order valence-electron chi connectivity index (χ3n) is 5.89. The van der Waals surface area contributed by atoms with E-state index in [1.807, 2.05) is 31.4 Å². The van der Waals surface area contributed by atoms with Gasteiger partial charge in [-0.15, -0.1) is 0 Å². The van der Waals surface area contributed by atoms with Gasteiger partial charge in [0.25, 0.3) is 5.91 Å². The van der Waals surface area contributed by atoms with Gasteiger partial charge in [0.1, 0.15) is 5.82 Å². The highest BCUT2D eigenvalue weighted by molar-refractivity contribution is 5.97. The second-order valence-electron chi connectivity index (χ2n) is 8.78. The topological polar surface area (TPSA) is 71.2 Å². The molecule has 1 amide bonds. The molecule has 4 aromatic rings. The van der Waals surface area contributed by atoms with Gasteiger partial charge in [0, 0.05) is 36.9 Å². The smallest absolute Gasteiger partial charge is 0.256 e. The minimum absolute atomic E-state index is 0.132. The lowest BCUT2D eigenvalue weighted by Gasteiger charge is -2.20. The number of halogens is 1. The van der Waals surface area contributed by atoms with Crippen molar-refractivity contribution in [1.29, 1.82) is 0 Å². The largest absolute Gasteiger partial charge is 0.386 e. The molecule has 162 valence electrons. The summed E-state index contributed by atoms with van der Waals surface area (Å²) in [6.45, 7) is 4.00. The number of nitrogens with zero attached hydrogens (tertiary/aromatic N) is 4. The normalized spacial score (nSPS) is 13.8. The van der Waals surface area contributed by atoms with Gasteiger partial charge >= 0.3 is 0 Å². The van der Waals surface area contributed by atoms with Gasteiger partial charge in [-0.2, -0.15) is 5.10 Å². The van der Waals surface area contributed by atoms with Crippen LogP contribution in [0.15, 0.2) is 54.9 Å². The summed E-state index contributed by atoms with van der Waals surface area (Å²) < 4.78 is 16.8. The standard InChI is InChI=1S/C25H23FN4O2/c1-25(2,32)20-9-17(11-22-19(20)13-29(3)28-22)15-6-7-16(21(26)10-15)12-30-14-23-18(24(30)31)5-4-8-27-23/h4-11,13,32H,12,14H2,1-3H3. The van der Waals surface area contributed by atoms with Gasteiger partial charge in [-0.1, -0.05) is 12.1 Å². The summed E-state index contributed by atoms with van der Waals surface area (Å²) in [5.41, 5.74) is 3.58. The second-order valence-corrected chi connectivity index (χ2v) is 8.78. The summed E-state index contributed by atoms with van der Waals surface area (Å²) in [4.78, 5) is 18.4. The van der Waals surface area contributed by atoms with Crippen LogP contribution >= 0.6 is 0 Å². The molecule has 0 saturated carbocycles. The number of hydrogen-bond acceptors (Lipinski definition) is 4. The molecule has 1 N–H and O–H groups in total. The Bertz CT molecular complexity index is 1370. The molecule has 2 aromatic carbocycles. The van der Waals surface area contributed by atoms with Crippen molar-refractivity contribution in [3.8, 4) is 11.1 Å². The van der Waals surface area contributed by atoms with Gasteiger partial charge < -0.3 is 10.0 Å². The van der Waals surface area contributed by atoms with E-state index in [0.29, 0.717) is 23.2 Å². The number of pyridine rings is 1. The number of amides is 1. The first kappa shape index (κ1) is 20.3. The van der Waals surface area contributed by atoms with Crippen LogP contribution < -0.4 is 0 Å². The Hall–Kier alpha value is -3.58. The Morgan fingerprint density at radius 2 is 1.97 bits per heavy atom. The fourth-order valence-electron chi connectivity index (χ4n) is 4.28. The van der Waals surface area contributed by atoms with Crippen molar-refractivity contribution in [3.05, 3.63) is 83.1 Å². The van der Waals surface area contributed by atoms with E-state index >= 15 is 4.39 Å². The minimum atomic E-state index is -1.07. The van der Waals surface area contributed by atoms with Crippen LogP contribution in [0.1, 0.15) is 41.0 Å². The number of aryl methyl sites for hydroxylation is 1. The highest BCUT2D eigenvalue weighted by Crippen LogP contribution is 2.34. The summed E-state index contributed by atoms with van der Waals surface area (Å²) >= 11 is 0. The van der Waals surface area contributed by atoms with Crippen LogP contribution in [0.5, 0.6) is 0 Å². The Kier molecular flexibility index (Phi) is 4.60. The zero-order valence-electron chi connectivity index (χ0n) is 18.1. The molecule has 2 aromatic heterocycles. The average molecular weight is 430 g/mol. The molecule has 32 heavy (non-hydrogen) atoms. The zero-order chi connectivity index (χ0) is 22.6. The lowest BCUT2D eigenvalue weighted by molar-refractivity contribution is 0.0764. The van der Waals surface area contributed by atoms with E-state index in [4.69, 9.17) is 0 Å². The van der Waals surface area contributed by atoms with Crippen LogP contribution in [0.3, 0.4) is 0 Å². The average Bonchev–Trinajstić information content (AvgIpc) is 3.27. The SMILES string of the molecule is Cn1cc2c(C(C)(C)O)cc(-c3ccc(CN4Cc5ncccc5C4=O)c(F)c3)cc2n1. The number of aromatic nitrogens is 3. The van der Waals surface area contributed by atoms with Gasteiger partial charge in [-0.25, -0.2) is 4.39 Å². The second kappa shape index (κ2) is 7.24. The van der Waals surface area contributed by atoms with Crippen molar-refractivity contribution in [2.75, 3.05) is 0 Å². The number of benzene rings is 2. The third kappa shape index (κ3) is 3.44. The van der Waals surface area contributed by atoms with Crippen LogP contribution in [-0.4, -0.2) is 30.7 Å². The monoisotopic (exact) mass is 430 g/mol. The van der Waals surface area contributed by atoms with Crippen LogP contribution in [0.4, 0.5) is 4.39 Å². The Morgan fingerprint density at radius 3 is 2.69 bits per heavy atom. The zero-order valence-corrected chi connectivity index (χ0v) is 18.1. The molecule has 0 aliphatic carbocycles. The van der Waals surface area contributed by atoms with E-state index in [9.17, 15) is 9.90 Å². The predicted molar refractivity (Wildman–Crippen MR) is 119 cm³/mol. The van der Waals surface area contributed by atoms with Crippen LogP contribution in [0, 0.1) is 5.82 Å². The fraction of sp³-hybridized carbons (Fsp3) is 0.240. The molecule has 0 bridgehead atoms. The molecule has 0 unspecified atom stereocenters. The van der Waals surface area contributed by atoms with Gasteiger partial charge in [0.05, 0.1) is 28.9 Å². The maximum atomic E-state index is 15.1. The highest BCUT2D eigenvalue weighted by atomic mass is 19.1. The Balaban J connectivity index is 1.48. The van der Waals surface area contributed by atoms with Gasteiger partial charge in [-0.3, -0.25) is 14.5 Å². The number of aliphatic hydroxyl groups is 1. The predicted octanol–water partition coefficient (Wildman–Crippen LogP) is 4.16. The lowest BCUT2D eigenvalue weighted by atomic mass is 9.91. The molecule has 5 rings (SSSR count). The molecule has 0 spiro atoms. The molecule has 0 atom stereocenters. The fourth-order valence-corrected chi connectivity index (χ4v) is 4.28. The van der Waals surface area contributed by atoms with Crippen LogP contribution in [0.25, 0.3) is 22.0 Å². The molecule has 0 radical (unpaired) electrons. The Labute approximate surface area is 184 Å². The van der Waals surface area contributed by atoms with E-state index in [0.717, 1.165) is 27.7 Å². The van der Waals surface area contributed by atoms with E-state index in [-0.39, 0.29) is 18.3 Å². The van der Waals surface area contributed by atoms with Gasteiger partial charge in [-0.05, 0) is 60.9 Å². The van der Waals surface area contributed by atoms with Crippen molar-refractivity contribution in [2.24, 2.45) is 7.05 Å². The summed E-state index contributed by atoms with van der Waals surface area (Å²) in [5, 5.41) is 16.0. The third-order valence-corrected chi connectivity index (χ3v) is 5.89. The molecule has 1 aliphatic heterocycles. The molecular formula is C25H23FN4O2. The van der Waals surface area contributed by atoms with Crippen molar-refractivity contribution >= 4 is 16.8 Å². The van der Waals surface area contributed by atoms with Crippen molar-refractivity contribution < 1.29 is 14.3 Å². The quantitative estimate of drug-likeness (QED) is 0.528. The molecule has 7 heteroatoms. The maximum Gasteiger partial charge on any atom is 0.256 e. The summed E-state index contributed by atoms with van der Waals surface area (Å²) in [6, 6.07) is 12.3. The summed E-state index contributed by atoms with van der Waals surface area (Å²) in [6.07, 6.45) is 3.53. The van der Waals surface area contributed by atoms with Crippen molar-refractivity contribution in [1.82, 2.24) is 19.7 Å². The number of carbonyl (C=O) groups excluding carboxylic acids is 1. The van der Waals surface area contributed by atoms with E-state index < -0.39 is 5.60 Å². The number of carbonyl (C=O) groups is 1. The summed E-state index contributed by atoms with van der Waals surface area (Å²) in [5.74, 6) is -0.517. The number of rotatable bonds is 4. The van der Waals surface area contributed by atoms with Crippen LogP contribution in [0.2, 0.25) is 0 Å². The van der Waals surface area contributed by atoms with E-state index in [1.165, 1.54) is 6.07 Å². The van der Waals surface area contributed by atoms with Gasteiger partial charge in [0.15, 0.2) is 0 Å². The van der Waals surface area contributed by atoms with Crippen molar-refractivity contribution in [3.63, 3.8) is 0 Å². The molecular weight excluding hydrogens is 407 g/mol. The van der Waals surface area contributed by atoms with Gasteiger partial charge in [0.2, 0.25) is 0 Å². The lowest BCUT2D eigenvalue weighted by Crippen LogP contribution is -2.23. The first-order chi connectivity index (χ1) is 15.2. The molecule has 0 saturated heterocycles. The van der Waals surface area contributed by atoms with E-state index in [1.54, 1.807) is 47.8 Å². The molecule has 1 aliphatic rings. The first-order valence-corrected chi connectivity index (χ1v) is 10.4. The maximum absolute atomic E-state index is 15.1. The summed E-state index contributed by atoms with van der Waals surface area (Å²) in [7, 11) is 1.83. The van der Waals surface area contributed by atoms with Crippen molar-refractivity contribution in [2.45, 2.75) is 32.5 Å².